The molecule has 0 spiro atoms. The number of aliphatic hydroxyl groups excluding tert-OH is 7. The minimum Gasteiger partial charge on any atom is -0.394 e. The summed E-state index contributed by atoms with van der Waals surface area (Å²) in [4.78, 5) is 26.7. The summed E-state index contributed by atoms with van der Waals surface area (Å²) in [5.74, 6) is -2.73. The van der Waals surface area contributed by atoms with Gasteiger partial charge in [0.05, 0.1) is 13.2 Å². The van der Waals surface area contributed by atoms with E-state index in [9.17, 15) is 49.8 Å². The van der Waals surface area contributed by atoms with Crippen LogP contribution in [0.2, 0.25) is 0 Å². The summed E-state index contributed by atoms with van der Waals surface area (Å²) in [7, 11) is -11.0. The molecule has 2 fully saturated rings. The van der Waals surface area contributed by atoms with E-state index >= 15 is 0 Å². The van der Waals surface area contributed by atoms with Crippen molar-refractivity contribution in [2.75, 3.05) is 19.8 Å². The van der Waals surface area contributed by atoms with Crippen molar-refractivity contribution >= 4 is 15.6 Å². The number of hydrogen-bond donors (Lipinski definition) is 10. The Bertz CT molecular complexity index is 699. The van der Waals surface area contributed by atoms with Gasteiger partial charge in [0.2, 0.25) is 5.79 Å². The van der Waals surface area contributed by atoms with Crippen molar-refractivity contribution in [3.05, 3.63) is 0 Å². The normalized spacial score (nSPS) is 43.7. The highest BCUT2D eigenvalue weighted by Gasteiger charge is 2.59. The molecule has 10 N–H and O–H groups in total. The van der Waals surface area contributed by atoms with Gasteiger partial charge in [-0.2, -0.15) is 4.31 Å². The van der Waals surface area contributed by atoms with Crippen molar-refractivity contribution in [1.82, 2.24) is 0 Å². The predicted molar refractivity (Wildman–Crippen MR) is 90.5 cm³/mol. The lowest BCUT2D eigenvalue weighted by atomic mass is 9.99. The van der Waals surface area contributed by atoms with E-state index in [1.54, 1.807) is 0 Å². The number of hydrogen-bond acceptors (Lipinski definition) is 14. The van der Waals surface area contributed by atoms with Crippen molar-refractivity contribution in [3.63, 3.8) is 0 Å². The van der Waals surface area contributed by atoms with Crippen LogP contribution in [0.3, 0.4) is 0 Å². The SMILES string of the molecule is O=P(O)(O)OP(=O)(O)OC[C@@]1(O[C@H]2O[C@H](CO)[C@@H](O)[C@H](O)[C@H]2O)O[C@H](CO)[C@@H](O)[C@@H]1O. The molecule has 2 heterocycles. The Hall–Kier alpha value is -0.140. The smallest absolute Gasteiger partial charge is 0.394 e. The maximum absolute atomic E-state index is 11.7. The fourth-order valence-electron chi connectivity index (χ4n) is 2.95. The average molecular weight is 502 g/mol. The van der Waals surface area contributed by atoms with Crippen molar-refractivity contribution in [2.45, 2.75) is 54.8 Å². The minimum atomic E-state index is -5.51. The Morgan fingerprint density at radius 2 is 1.42 bits per heavy atom. The topological polar surface area (TPSA) is 283 Å². The van der Waals surface area contributed by atoms with Gasteiger partial charge in [0, 0.05) is 0 Å². The van der Waals surface area contributed by atoms with Gasteiger partial charge in [-0.25, -0.2) is 9.13 Å². The summed E-state index contributed by atoms with van der Waals surface area (Å²) in [5.41, 5.74) is 0. The molecular formula is C12H24O17P2. The molecule has 0 saturated carbocycles. The third-order valence-electron chi connectivity index (χ3n) is 4.49. The van der Waals surface area contributed by atoms with E-state index in [0.29, 0.717) is 0 Å². The third-order valence-corrected chi connectivity index (χ3v) is 6.62. The molecule has 2 aliphatic rings. The number of aliphatic hydroxyl groups is 7. The highest BCUT2D eigenvalue weighted by Crippen LogP contribution is 2.58. The van der Waals surface area contributed by atoms with E-state index in [1.807, 2.05) is 0 Å². The van der Waals surface area contributed by atoms with Gasteiger partial charge in [-0.1, -0.05) is 0 Å². The van der Waals surface area contributed by atoms with Gasteiger partial charge in [-0.05, 0) is 0 Å². The third kappa shape index (κ3) is 6.26. The summed E-state index contributed by atoms with van der Waals surface area (Å²) < 4.78 is 46.0. The lowest BCUT2D eigenvalue weighted by Crippen LogP contribution is -2.62. The molecule has 2 saturated heterocycles. The zero-order valence-corrected chi connectivity index (χ0v) is 17.3. The van der Waals surface area contributed by atoms with E-state index in [4.69, 9.17) is 24.0 Å². The Morgan fingerprint density at radius 3 is 1.90 bits per heavy atom. The van der Waals surface area contributed by atoms with Crippen LogP contribution in [0.5, 0.6) is 0 Å². The van der Waals surface area contributed by atoms with Crippen LogP contribution in [-0.4, -0.2) is 125 Å². The average Bonchev–Trinajstić information content (AvgIpc) is 2.90. The Kier molecular flexibility index (Phi) is 8.75. The van der Waals surface area contributed by atoms with E-state index in [1.165, 1.54) is 0 Å². The molecule has 0 aliphatic carbocycles. The molecule has 17 nitrogen and oxygen atoms in total. The van der Waals surface area contributed by atoms with Crippen molar-refractivity contribution in [1.29, 1.82) is 0 Å². The first-order valence-electron chi connectivity index (χ1n) is 8.53. The summed E-state index contributed by atoms with van der Waals surface area (Å²) in [6.07, 6.45) is -14.9. The highest BCUT2D eigenvalue weighted by molar-refractivity contribution is 7.60. The summed E-state index contributed by atoms with van der Waals surface area (Å²) >= 11 is 0. The lowest BCUT2D eigenvalue weighted by Gasteiger charge is -2.43. The van der Waals surface area contributed by atoms with E-state index in [-0.39, 0.29) is 0 Å². The van der Waals surface area contributed by atoms with Crippen LogP contribution in [0.1, 0.15) is 0 Å². The molecule has 31 heavy (non-hydrogen) atoms. The molecule has 0 aromatic heterocycles. The van der Waals surface area contributed by atoms with Crippen LogP contribution < -0.4 is 0 Å². The van der Waals surface area contributed by atoms with Gasteiger partial charge in [-0.15, -0.1) is 0 Å². The molecular weight excluding hydrogens is 478 g/mol. The van der Waals surface area contributed by atoms with Crippen molar-refractivity contribution in [2.24, 2.45) is 0 Å². The lowest BCUT2D eigenvalue weighted by molar-refractivity contribution is -0.382. The molecule has 2 aliphatic heterocycles. The van der Waals surface area contributed by atoms with E-state index in [2.05, 4.69) is 8.83 Å². The van der Waals surface area contributed by atoms with Crippen LogP contribution in [0.4, 0.5) is 0 Å². The van der Waals surface area contributed by atoms with Crippen LogP contribution in [0.25, 0.3) is 0 Å². The van der Waals surface area contributed by atoms with E-state index in [0.717, 1.165) is 0 Å². The molecule has 10 atom stereocenters. The largest absolute Gasteiger partial charge is 0.481 e. The number of rotatable bonds is 9. The number of phosphoric acid groups is 2. The van der Waals surface area contributed by atoms with Gasteiger partial charge in [0.15, 0.2) is 6.29 Å². The molecule has 0 amide bonds. The highest BCUT2D eigenvalue weighted by atomic mass is 31.3. The maximum atomic E-state index is 11.7. The van der Waals surface area contributed by atoms with Gasteiger partial charge in [0.25, 0.3) is 0 Å². The molecule has 0 bridgehead atoms. The molecule has 0 radical (unpaired) electrons. The second-order valence-electron chi connectivity index (χ2n) is 6.72. The summed E-state index contributed by atoms with van der Waals surface area (Å²) in [5, 5.41) is 68.6. The Balaban J connectivity index is 2.29. The molecule has 1 unspecified atom stereocenters. The van der Waals surface area contributed by atoms with Crippen LogP contribution in [0.15, 0.2) is 0 Å². The van der Waals surface area contributed by atoms with Crippen LogP contribution in [0, 0.1) is 0 Å². The van der Waals surface area contributed by atoms with Gasteiger partial charge in [0.1, 0.15) is 49.3 Å². The Labute approximate surface area is 173 Å². The fourth-order valence-corrected chi connectivity index (χ4v) is 4.55. The first-order valence-corrected chi connectivity index (χ1v) is 11.6. The summed E-state index contributed by atoms with van der Waals surface area (Å²) in [6, 6.07) is 0. The first kappa shape index (κ1) is 27.1. The zero-order chi connectivity index (χ0) is 23.8. The quantitative estimate of drug-likeness (QED) is 0.132. The molecule has 0 aromatic carbocycles. The maximum Gasteiger partial charge on any atom is 0.481 e. The van der Waals surface area contributed by atoms with Gasteiger partial charge >= 0.3 is 15.6 Å². The second kappa shape index (κ2) is 10.0. The van der Waals surface area contributed by atoms with Crippen molar-refractivity contribution < 1.29 is 82.6 Å². The molecule has 0 aromatic rings. The van der Waals surface area contributed by atoms with Crippen LogP contribution in [-0.2, 0) is 32.2 Å². The monoisotopic (exact) mass is 502 g/mol. The fraction of sp³-hybridized carbons (Fsp3) is 1.00. The number of phosphoric ester groups is 1. The second-order valence-corrected chi connectivity index (χ2v) is 9.55. The van der Waals surface area contributed by atoms with Crippen molar-refractivity contribution in [3.8, 4) is 0 Å². The zero-order valence-electron chi connectivity index (χ0n) is 15.5. The standard InChI is InChI=1S/C12H24O17P2/c13-1-4-6(15)8(17)9(18)11(26-4)28-12(10(19)7(16)5(2-14)27-12)3-25-31(23,24)29-30(20,21)22/h4-11,13-19H,1-3H2,(H,23,24)(H2,20,21,22)/t4-,5-,6-,7-,8+,9-,10+,11-,12+/m1/s1. The summed E-state index contributed by atoms with van der Waals surface area (Å²) in [6.45, 7) is -3.15. The first-order chi connectivity index (χ1) is 14.2. The number of ether oxygens (including phenoxy) is 3. The van der Waals surface area contributed by atoms with Gasteiger partial charge in [-0.3, -0.25) is 4.52 Å². The Morgan fingerprint density at radius 1 is 0.839 bits per heavy atom. The molecule has 184 valence electrons. The van der Waals surface area contributed by atoms with E-state index < -0.39 is 90.3 Å². The van der Waals surface area contributed by atoms with Crippen LogP contribution >= 0.6 is 15.6 Å². The molecule has 2 rings (SSSR count). The predicted octanol–water partition coefficient (Wildman–Crippen LogP) is -5.16. The minimum absolute atomic E-state index is 0.860. The van der Waals surface area contributed by atoms with Gasteiger partial charge < -0.3 is 64.6 Å². The molecule has 19 heteroatoms.